The number of ether oxygens (including phenoxy) is 7. The zero-order valence-corrected chi connectivity index (χ0v) is 46.7. The number of pyridine rings is 2. The Labute approximate surface area is 455 Å². The Balaban J connectivity index is 0.000000187. The minimum atomic E-state index is -0.591. The summed E-state index contributed by atoms with van der Waals surface area (Å²) < 4.78 is 44.9. The normalized spacial score (nSPS) is 16.3. The number of carbonyl (C=O) groups is 1. The van der Waals surface area contributed by atoms with Crippen LogP contribution in [0, 0.1) is 0 Å². The van der Waals surface area contributed by atoms with E-state index in [9.17, 15) is 14.4 Å². The standard InChI is InChI=1S/C31H38BrN3O6.C26H30BrN3O4/c1-31(2,3)41-30(37)35(20-21-5-7-27-28(17-21)40-16-15-39-27)22-9-11-33(12-10-22)13-14-34-26-19-23(38-4)18-25(32)24(26)6-8-29(34)36;1-32-20-15-22(27)21-3-5-26(31)30(23(21)16-20)11-10-29-8-6-19(7-9-29)28-17-18-2-4-24-25(14-18)34-13-12-33-24/h5-8,17-19,22H,9-16,20H2,1-4H3;2-5,14-16,19,28H,6-13,17H2,1H3. The van der Waals surface area contributed by atoms with E-state index in [4.69, 9.17) is 33.2 Å². The second kappa shape index (κ2) is 24.5. The fourth-order valence-corrected chi connectivity index (χ4v) is 11.3. The van der Waals surface area contributed by atoms with Crippen LogP contribution in [0.5, 0.6) is 34.5 Å². The number of aromatic nitrogens is 2. The van der Waals surface area contributed by atoms with Crippen LogP contribution < -0.4 is 44.9 Å². The molecule has 75 heavy (non-hydrogen) atoms. The van der Waals surface area contributed by atoms with E-state index in [2.05, 4.69) is 59.1 Å². The number of hydrogen-bond acceptors (Lipinski definition) is 13. The summed E-state index contributed by atoms with van der Waals surface area (Å²) >= 11 is 7.21. The second-order valence-corrected chi connectivity index (χ2v) is 22.1. The monoisotopic (exact) mass is 1150 g/mol. The van der Waals surface area contributed by atoms with Gasteiger partial charge in [-0.2, -0.15) is 0 Å². The molecule has 400 valence electrons. The Morgan fingerprint density at radius 1 is 0.613 bits per heavy atom. The van der Waals surface area contributed by atoms with Crippen LogP contribution >= 0.6 is 31.9 Å². The summed E-state index contributed by atoms with van der Waals surface area (Å²) in [6.45, 7) is 15.7. The molecule has 0 atom stereocenters. The number of likely N-dealkylation sites (tertiary alicyclic amines) is 2. The van der Waals surface area contributed by atoms with Gasteiger partial charge in [-0.25, -0.2) is 4.79 Å². The molecule has 6 heterocycles. The fourth-order valence-electron chi connectivity index (χ4n) is 10.2. The highest BCUT2D eigenvalue weighted by Crippen LogP contribution is 2.34. The maximum atomic E-state index is 13.4. The van der Waals surface area contributed by atoms with Gasteiger partial charge in [-0.05, 0) is 151 Å². The molecule has 0 radical (unpaired) electrons. The van der Waals surface area contributed by atoms with Gasteiger partial charge >= 0.3 is 6.09 Å². The summed E-state index contributed by atoms with van der Waals surface area (Å²) in [5.74, 6) is 4.55. The Morgan fingerprint density at radius 2 is 1.08 bits per heavy atom. The van der Waals surface area contributed by atoms with Crippen LogP contribution in [-0.2, 0) is 30.9 Å². The number of nitrogens with zero attached hydrogens (tertiary/aromatic N) is 5. The Bertz CT molecular complexity index is 3090. The number of benzene rings is 4. The number of hydrogen-bond donors (Lipinski definition) is 1. The number of piperidine rings is 2. The van der Waals surface area contributed by atoms with E-state index >= 15 is 0 Å². The quantitative estimate of drug-likeness (QED) is 0.111. The van der Waals surface area contributed by atoms with Gasteiger partial charge in [0.05, 0.1) is 25.3 Å². The summed E-state index contributed by atoms with van der Waals surface area (Å²) in [5.41, 5.74) is 3.31. The van der Waals surface area contributed by atoms with Gasteiger partial charge in [-0.3, -0.25) is 9.59 Å². The van der Waals surface area contributed by atoms with Crippen molar-refractivity contribution in [2.24, 2.45) is 0 Å². The highest BCUT2D eigenvalue weighted by molar-refractivity contribution is 9.11. The van der Waals surface area contributed by atoms with Gasteiger partial charge in [0.15, 0.2) is 23.0 Å². The maximum absolute atomic E-state index is 13.4. The van der Waals surface area contributed by atoms with Crippen molar-refractivity contribution in [1.82, 2.24) is 29.2 Å². The molecule has 0 spiro atoms. The summed E-state index contributed by atoms with van der Waals surface area (Å²) in [5, 5.41) is 5.68. The van der Waals surface area contributed by atoms with E-state index in [1.807, 2.05) is 95.5 Å². The van der Waals surface area contributed by atoms with Crippen molar-refractivity contribution in [2.45, 2.75) is 90.3 Å². The molecule has 4 aromatic carbocycles. The summed E-state index contributed by atoms with van der Waals surface area (Å²) in [4.78, 5) is 45.5. The lowest BCUT2D eigenvalue weighted by Crippen LogP contribution is -2.49. The number of methoxy groups -OCH3 is 2. The molecule has 18 heteroatoms. The molecule has 0 unspecified atom stereocenters. The van der Waals surface area contributed by atoms with E-state index in [1.165, 1.54) is 5.56 Å². The van der Waals surface area contributed by atoms with Crippen molar-refractivity contribution in [3.8, 4) is 34.5 Å². The van der Waals surface area contributed by atoms with Gasteiger partial charge in [0, 0.05) is 108 Å². The number of halogens is 2. The number of amides is 1. The van der Waals surface area contributed by atoms with Crippen LogP contribution in [0.4, 0.5) is 4.79 Å². The van der Waals surface area contributed by atoms with Gasteiger partial charge in [-0.15, -0.1) is 0 Å². The topological polar surface area (TPSA) is 147 Å². The van der Waals surface area contributed by atoms with Crippen molar-refractivity contribution in [3.63, 3.8) is 0 Å². The molecule has 0 bridgehead atoms. The van der Waals surface area contributed by atoms with E-state index in [0.717, 1.165) is 131 Å². The first-order valence-electron chi connectivity index (χ1n) is 25.9. The Hall–Kier alpha value is -5.79. The lowest BCUT2D eigenvalue weighted by molar-refractivity contribution is 0.00562. The van der Waals surface area contributed by atoms with E-state index < -0.39 is 5.60 Å². The minimum absolute atomic E-state index is 0.0173. The lowest BCUT2D eigenvalue weighted by atomic mass is 10.0. The van der Waals surface area contributed by atoms with Crippen LogP contribution in [0.15, 0.2) is 103 Å². The number of nitrogens with one attached hydrogen (secondary N) is 1. The van der Waals surface area contributed by atoms with Gasteiger partial charge in [0.25, 0.3) is 11.1 Å². The van der Waals surface area contributed by atoms with Crippen molar-refractivity contribution in [1.29, 1.82) is 0 Å². The van der Waals surface area contributed by atoms with Gasteiger partial charge in [0.1, 0.15) is 43.5 Å². The summed E-state index contributed by atoms with van der Waals surface area (Å²) in [7, 11) is 3.27. The maximum Gasteiger partial charge on any atom is 0.410 e. The zero-order valence-electron chi connectivity index (χ0n) is 43.5. The molecule has 1 amide bonds. The van der Waals surface area contributed by atoms with Gasteiger partial charge in [0.2, 0.25) is 0 Å². The van der Waals surface area contributed by atoms with Crippen LogP contribution in [-0.4, -0.2) is 128 Å². The molecule has 2 saturated heterocycles. The first kappa shape index (κ1) is 54.0. The van der Waals surface area contributed by atoms with E-state index in [0.29, 0.717) is 63.6 Å². The van der Waals surface area contributed by atoms with Gasteiger partial charge < -0.3 is 62.3 Å². The summed E-state index contributed by atoms with van der Waals surface area (Å²) in [6, 6.07) is 27.2. The average Bonchev–Trinajstić information content (AvgIpc) is 3.41. The Morgan fingerprint density at radius 3 is 1.57 bits per heavy atom. The van der Waals surface area contributed by atoms with E-state index in [-0.39, 0.29) is 23.3 Å². The molecule has 6 aromatic rings. The molecule has 2 fully saturated rings. The largest absolute Gasteiger partial charge is 0.497 e. The average molecular weight is 1160 g/mol. The van der Waals surface area contributed by atoms with Gasteiger partial charge in [-0.1, -0.05) is 12.1 Å². The zero-order chi connectivity index (χ0) is 52.6. The molecule has 2 aromatic heterocycles. The van der Waals surface area contributed by atoms with E-state index in [1.54, 1.807) is 26.4 Å². The number of carbonyl (C=O) groups excluding carboxylic acids is 1. The molecule has 4 aliphatic heterocycles. The first-order valence-corrected chi connectivity index (χ1v) is 27.5. The van der Waals surface area contributed by atoms with Crippen LogP contribution in [0.2, 0.25) is 0 Å². The Kier molecular flexibility index (Phi) is 17.6. The van der Waals surface area contributed by atoms with Crippen LogP contribution in [0.25, 0.3) is 21.8 Å². The SMILES string of the molecule is COc1cc(Br)c2ccc(=O)n(CCN3CCC(N(Cc4ccc5c(c4)OCCO5)C(=O)OC(C)(C)C)CC3)c2c1.COc1cc(Br)c2ccc(=O)n(CCN3CCC(NCc4ccc5c(c4)OCCO5)CC3)c2c1. The van der Waals surface area contributed by atoms with Crippen LogP contribution in [0.1, 0.15) is 57.6 Å². The third kappa shape index (κ3) is 13.6. The van der Waals surface area contributed by atoms with Crippen molar-refractivity contribution < 1.29 is 38.0 Å². The molecular weight excluding hydrogens is 1090 g/mol. The third-order valence-electron chi connectivity index (χ3n) is 14.2. The highest BCUT2D eigenvalue weighted by atomic mass is 79.9. The molecule has 0 saturated carbocycles. The first-order chi connectivity index (χ1) is 36.2. The minimum Gasteiger partial charge on any atom is -0.497 e. The lowest BCUT2D eigenvalue weighted by Gasteiger charge is -2.39. The van der Waals surface area contributed by atoms with Crippen molar-refractivity contribution in [3.05, 3.63) is 126 Å². The second-order valence-electron chi connectivity index (χ2n) is 20.4. The predicted molar refractivity (Wildman–Crippen MR) is 297 cm³/mol. The predicted octanol–water partition coefficient (Wildman–Crippen LogP) is 9.24. The fraction of sp³-hybridized carbons (Fsp3) is 0.456. The van der Waals surface area contributed by atoms with Crippen LogP contribution in [0.3, 0.4) is 0 Å². The molecule has 10 rings (SSSR count). The smallest absolute Gasteiger partial charge is 0.410 e. The molecule has 0 aliphatic carbocycles. The van der Waals surface area contributed by atoms with Crippen molar-refractivity contribution >= 4 is 59.8 Å². The summed E-state index contributed by atoms with van der Waals surface area (Å²) in [6.07, 6.45) is 3.50. The molecule has 16 nitrogen and oxygen atoms in total. The number of rotatable bonds is 14. The van der Waals surface area contributed by atoms with Crippen molar-refractivity contribution in [2.75, 3.05) is 79.9 Å². The highest BCUT2D eigenvalue weighted by Gasteiger charge is 2.32. The molecule has 1 N–H and O–H groups in total. The third-order valence-corrected chi connectivity index (χ3v) is 15.5. The number of fused-ring (bicyclic) bond motifs is 4. The molecular formula is C57H68Br2N6O10. The molecule has 4 aliphatic rings.